The Morgan fingerprint density at radius 1 is 1.40 bits per heavy atom. The monoisotopic (exact) mass is 204 g/mol. The summed E-state index contributed by atoms with van der Waals surface area (Å²) in [5.41, 5.74) is 1.12. The molecule has 1 aromatic heterocycles. The number of pyridine rings is 1. The van der Waals surface area contributed by atoms with Crippen LogP contribution in [0.25, 0.3) is 0 Å². The smallest absolute Gasteiger partial charge is 0.218 e. The van der Waals surface area contributed by atoms with E-state index in [2.05, 4.69) is 30.7 Å². The lowest BCUT2D eigenvalue weighted by atomic mass is 9.88. The maximum Gasteiger partial charge on any atom is 0.218 e. The van der Waals surface area contributed by atoms with Gasteiger partial charge in [-0.25, -0.2) is 4.99 Å². The Morgan fingerprint density at radius 3 is 2.73 bits per heavy atom. The summed E-state index contributed by atoms with van der Waals surface area (Å²) in [6.07, 6.45) is 3.53. The van der Waals surface area contributed by atoms with Crippen molar-refractivity contribution in [3.05, 3.63) is 30.1 Å². The van der Waals surface area contributed by atoms with Crippen molar-refractivity contribution in [3.63, 3.8) is 0 Å². The summed E-state index contributed by atoms with van der Waals surface area (Å²) in [5.74, 6) is 0.725. The zero-order valence-corrected chi connectivity index (χ0v) is 9.40. The van der Waals surface area contributed by atoms with Gasteiger partial charge >= 0.3 is 0 Å². The zero-order valence-electron chi connectivity index (χ0n) is 9.40. The number of ether oxygens (including phenoxy) is 1. The van der Waals surface area contributed by atoms with Gasteiger partial charge in [-0.05, 0) is 17.5 Å². The molecular formula is C12H16N2O. The van der Waals surface area contributed by atoms with Gasteiger partial charge in [0.1, 0.15) is 6.61 Å². The predicted octanol–water partition coefficient (Wildman–Crippen LogP) is 2.27. The molecule has 3 nitrogen and oxygen atoms in total. The molecule has 0 fully saturated rings. The van der Waals surface area contributed by atoms with E-state index in [0.29, 0.717) is 6.61 Å². The number of rotatable bonds is 1. The van der Waals surface area contributed by atoms with Crippen LogP contribution in [0.15, 0.2) is 29.5 Å². The first kappa shape index (κ1) is 10.1. The molecule has 2 rings (SSSR count). The summed E-state index contributed by atoms with van der Waals surface area (Å²) in [5, 5.41) is 0. The SMILES string of the molecule is CC(C)(C)[C@H]1COC(c2cccnc2)=N1. The van der Waals surface area contributed by atoms with E-state index < -0.39 is 0 Å². The van der Waals surface area contributed by atoms with E-state index >= 15 is 0 Å². The molecule has 0 bridgehead atoms. The fourth-order valence-corrected chi connectivity index (χ4v) is 1.46. The van der Waals surface area contributed by atoms with Gasteiger partial charge in [-0.1, -0.05) is 20.8 Å². The van der Waals surface area contributed by atoms with Crippen LogP contribution in [0.2, 0.25) is 0 Å². The van der Waals surface area contributed by atoms with E-state index in [1.54, 1.807) is 12.4 Å². The Morgan fingerprint density at radius 2 is 2.20 bits per heavy atom. The van der Waals surface area contributed by atoms with Crippen molar-refractivity contribution in [3.8, 4) is 0 Å². The van der Waals surface area contributed by atoms with Gasteiger partial charge in [-0.3, -0.25) is 4.98 Å². The topological polar surface area (TPSA) is 34.5 Å². The highest BCUT2D eigenvalue weighted by Crippen LogP contribution is 2.27. The molecule has 0 saturated heterocycles. The fourth-order valence-electron chi connectivity index (χ4n) is 1.46. The average molecular weight is 204 g/mol. The van der Waals surface area contributed by atoms with Gasteiger partial charge in [0.25, 0.3) is 0 Å². The first-order chi connectivity index (χ1) is 7.07. The minimum atomic E-state index is 0.157. The number of nitrogens with zero attached hydrogens (tertiary/aromatic N) is 2. The lowest BCUT2D eigenvalue weighted by Gasteiger charge is -2.21. The van der Waals surface area contributed by atoms with E-state index in [-0.39, 0.29) is 11.5 Å². The lowest BCUT2D eigenvalue weighted by Crippen LogP contribution is -2.25. The molecule has 15 heavy (non-hydrogen) atoms. The molecule has 0 saturated carbocycles. The van der Waals surface area contributed by atoms with E-state index in [0.717, 1.165) is 11.5 Å². The summed E-state index contributed by atoms with van der Waals surface area (Å²) < 4.78 is 5.59. The number of aliphatic imine (C=N–C) groups is 1. The Kier molecular flexibility index (Phi) is 2.47. The molecule has 80 valence electrons. The fraction of sp³-hybridized carbons (Fsp3) is 0.500. The second-order valence-corrected chi connectivity index (χ2v) is 4.87. The molecule has 1 atom stereocenters. The standard InChI is InChI=1S/C12H16N2O/c1-12(2,3)10-8-15-11(14-10)9-5-4-6-13-7-9/h4-7,10H,8H2,1-3H3/t10-/m1/s1. The molecule has 0 unspecified atom stereocenters. The molecule has 0 radical (unpaired) electrons. The first-order valence-electron chi connectivity index (χ1n) is 5.18. The van der Waals surface area contributed by atoms with Gasteiger partial charge in [-0.2, -0.15) is 0 Å². The normalized spacial score (nSPS) is 21.0. The number of hydrogen-bond donors (Lipinski definition) is 0. The summed E-state index contributed by atoms with van der Waals surface area (Å²) in [6, 6.07) is 4.11. The third-order valence-corrected chi connectivity index (χ3v) is 2.56. The van der Waals surface area contributed by atoms with Gasteiger partial charge in [0, 0.05) is 12.4 Å². The minimum absolute atomic E-state index is 0.157. The van der Waals surface area contributed by atoms with Gasteiger partial charge in [0.15, 0.2) is 0 Å². The predicted molar refractivity (Wildman–Crippen MR) is 60.0 cm³/mol. The van der Waals surface area contributed by atoms with Crippen molar-refractivity contribution in [2.24, 2.45) is 10.4 Å². The van der Waals surface area contributed by atoms with Crippen molar-refractivity contribution in [1.29, 1.82) is 0 Å². The highest BCUT2D eigenvalue weighted by Gasteiger charge is 2.30. The maximum absolute atomic E-state index is 5.59. The van der Waals surface area contributed by atoms with Crippen LogP contribution in [0, 0.1) is 5.41 Å². The van der Waals surface area contributed by atoms with E-state index in [9.17, 15) is 0 Å². The molecular weight excluding hydrogens is 188 g/mol. The highest BCUT2D eigenvalue weighted by molar-refractivity contribution is 5.94. The van der Waals surface area contributed by atoms with Crippen LogP contribution < -0.4 is 0 Å². The maximum atomic E-state index is 5.59. The third-order valence-electron chi connectivity index (χ3n) is 2.56. The van der Waals surface area contributed by atoms with Crippen LogP contribution in [0.5, 0.6) is 0 Å². The average Bonchev–Trinajstić information content (AvgIpc) is 2.67. The second kappa shape index (κ2) is 3.65. The molecule has 1 aliphatic rings. The van der Waals surface area contributed by atoms with E-state index in [1.807, 2.05) is 12.1 Å². The highest BCUT2D eigenvalue weighted by atomic mass is 16.5. The molecule has 1 aromatic rings. The molecule has 2 heterocycles. The second-order valence-electron chi connectivity index (χ2n) is 4.87. The lowest BCUT2D eigenvalue weighted by molar-refractivity contribution is 0.236. The van der Waals surface area contributed by atoms with Crippen LogP contribution in [-0.2, 0) is 4.74 Å². The van der Waals surface area contributed by atoms with Crippen LogP contribution in [-0.4, -0.2) is 23.5 Å². The van der Waals surface area contributed by atoms with Crippen molar-refractivity contribution < 1.29 is 4.74 Å². The van der Waals surface area contributed by atoms with Gasteiger partial charge in [0.05, 0.1) is 11.6 Å². The zero-order chi connectivity index (χ0) is 10.9. The van der Waals surface area contributed by atoms with E-state index in [1.165, 1.54) is 0 Å². The molecule has 0 amide bonds. The van der Waals surface area contributed by atoms with Crippen LogP contribution in [0.4, 0.5) is 0 Å². The number of hydrogen-bond acceptors (Lipinski definition) is 3. The molecule has 0 N–H and O–H groups in total. The summed E-state index contributed by atoms with van der Waals surface area (Å²) >= 11 is 0. The quantitative estimate of drug-likeness (QED) is 0.703. The largest absolute Gasteiger partial charge is 0.475 e. The Hall–Kier alpha value is -1.38. The van der Waals surface area contributed by atoms with Crippen LogP contribution in [0.1, 0.15) is 26.3 Å². The van der Waals surface area contributed by atoms with Crippen molar-refractivity contribution in [2.45, 2.75) is 26.8 Å². The first-order valence-corrected chi connectivity index (χ1v) is 5.18. The number of aromatic nitrogens is 1. The summed E-state index contributed by atoms with van der Waals surface area (Å²) in [7, 11) is 0. The van der Waals surface area contributed by atoms with Gasteiger partial charge < -0.3 is 4.74 Å². The van der Waals surface area contributed by atoms with Gasteiger partial charge in [-0.15, -0.1) is 0 Å². The summed E-state index contributed by atoms with van der Waals surface area (Å²) in [6.45, 7) is 7.21. The Labute approximate surface area is 90.2 Å². The van der Waals surface area contributed by atoms with E-state index in [4.69, 9.17) is 4.74 Å². The minimum Gasteiger partial charge on any atom is -0.475 e. The Balaban J connectivity index is 2.21. The molecule has 3 heteroatoms. The van der Waals surface area contributed by atoms with Gasteiger partial charge in [0.2, 0.25) is 5.90 Å². The third kappa shape index (κ3) is 2.17. The molecule has 1 aliphatic heterocycles. The van der Waals surface area contributed by atoms with Crippen molar-refractivity contribution >= 4 is 5.90 Å². The summed E-state index contributed by atoms with van der Waals surface area (Å²) in [4.78, 5) is 8.64. The van der Waals surface area contributed by atoms with Crippen LogP contribution >= 0.6 is 0 Å². The van der Waals surface area contributed by atoms with Crippen molar-refractivity contribution in [1.82, 2.24) is 4.98 Å². The molecule has 0 aliphatic carbocycles. The van der Waals surface area contributed by atoms with Crippen LogP contribution in [0.3, 0.4) is 0 Å². The Bertz CT molecular complexity index is 365. The molecule has 0 aromatic carbocycles. The van der Waals surface area contributed by atoms with Crippen molar-refractivity contribution in [2.75, 3.05) is 6.61 Å². The molecule has 0 spiro atoms.